The van der Waals surface area contributed by atoms with Crippen LogP contribution in [0.1, 0.15) is 284 Å². The molecule has 0 fully saturated rings. The topological polar surface area (TPSA) is 72.8 Å². The predicted molar refractivity (Wildman–Crippen MR) is 361 cm³/mol. The number of aliphatic hydroxyl groups is 1. The number of esters is 2. The molecule has 1 unspecified atom stereocenters. The van der Waals surface area contributed by atoms with E-state index in [2.05, 4.69) is 184 Å². The summed E-state index contributed by atoms with van der Waals surface area (Å²) in [6.45, 7) is 3.91. The van der Waals surface area contributed by atoms with E-state index < -0.39 is 6.10 Å². The van der Waals surface area contributed by atoms with Crippen LogP contribution in [0.5, 0.6) is 0 Å². The Morgan fingerprint density at radius 2 is 0.488 bits per heavy atom. The van der Waals surface area contributed by atoms with Crippen LogP contribution in [0.3, 0.4) is 0 Å². The van der Waals surface area contributed by atoms with Gasteiger partial charge < -0.3 is 14.6 Å². The molecule has 0 rings (SSSR count). The van der Waals surface area contributed by atoms with E-state index in [-0.39, 0.29) is 25.2 Å². The van der Waals surface area contributed by atoms with Crippen molar-refractivity contribution in [1.29, 1.82) is 0 Å². The van der Waals surface area contributed by atoms with Crippen molar-refractivity contribution in [2.75, 3.05) is 13.2 Å². The fourth-order valence-corrected chi connectivity index (χ4v) is 9.05. The zero-order valence-corrected chi connectivity index (χ0v) is 52.9. The second-order valence-corrected chi connectivity index (χ2v) is 21.8. The van der Waals surface area contributed by atoms with Crippen LogP contribution in [0.25, 0.3) is 0 Å². The number of carbonyl (C=O) groups excluding carboxylic acids is 2. The third kappa shape index (κ3) is 67.8. The van der Waals surface area contributed by atoms with Gasteiger partial charge in [-0.15, -0.1) is 0 Å². The lowest BCUT2D eigenvalue weighted by Gasteiger charge is -2.15. The third-order valence-electron chi connectivity index (χ3n) is 14.0. The zero-order valence-electron chi connectivity index (χ0n) is 52.9. The lowest BCUT2D eigenvalue weighted by atomic mass is 10.0. The molecule has 0 aliphatic carbocycles. The fourth-order valence-electron chi connectivity index (χ4n) is 9.05. The van der Waals surface area contributed by atoms with Crippen molar-refractivity contribution in [2.24, 2.45) is 0 Å². The molecule has 0 spiro atoms. The largest absolute Gasteiger partial charge is 0.462 e. The van der Waals surface area contributed by atoms with E-state index in [9.17, 15) is 14.7 Å². The van der Waals surface area contributed by atoms with E-state index in [1.54, 1.807) is 0 Å². The molecule has 0 aromatic rings. The van der Waals surface area contributed by atoms with E-state index >= 15 is 0 Å². The Bertz CT molecular complexity index is 1810. The summed E-state index contributed by atoms with van der Waals surface area (Å²) in [5, 5.41) is 9.70. The van der Waals surface area contributed by atoms with Crippen LogP contribution in [0.4, 0.5) is 0 Å². The van der Waals surface area contributed by atoms with E-state index in [0.29, 0.717) is 12.8 Å². The van der Waals surface area contributed by atoms with Crippen LogP contribution in [-0.2, 0) is 19.1 Å². The molecule has 0 amide bonds. The summed E-state index contributed by atoms with van der Waals surface area (Å²) in [6, 6.07) is 0. The maximum atomic E-state index is 12.4. The van der Waals surface area contributed by atoms with E-state index in [1.165, 1.54) is 122 Å². The van der Waals surface area contributed by atoms with Gasteiger partial charge in [0.1, 0.15) is 6.61 Å². The van der Waals surface area contributed by atoms with Crippen LogP contribution in [0.15, 0.2) is 170 Å². The van der Waals surface area contributed by atoms with Crippen molar-refractivity contribution in [3.8, 4) is 0 Å². The quantitative estimate of drug-likeness (QED) is 0.0373. The third-order valence-corrected chi connectivity index (χ3v) is 14.0. The Labute approximate surface area is 506 Å². The van der Waals surface area contributed by atoms with Gasteiger partial charge in [0.15, 0.2) is 6.10 Å². The molecule has 1 N–H and O–H groups in total. The first kappa shape index (κ1) is 77.3. The summed E-state index contributed by atoms with van der Waals surface area (Å²) in [4.78, 5) is 24.6. The predicted octanol–water partition coefficient (Wildman–Crippen LogP) is 23.6. The highest BCUT2D eigenvalue weighted by Gasteiger charge is 2.16. The molecular formula is C77H124O5. The number of unbranched alkanes of at least 4 members (excludes halogenated alkanes) is 24. The highest BCUT2D eigenvalue weighted by atomic mass is 16.6. The summed E-state index contributed by atoms with van der Waals surface area (Å²) in [5.41, 5.74) is 0. The minimum absolute atomic E-state index is 0.0799. The summed E-state index contributed by atoms with van der Waals surface area (Å²) >= 11 is 0. The number of carbonyl (C=O) groups is 2. The van der Waals surface area contributed by atoms with Gasteiger partial charge in [0.25, 0.3) is 0 Å². The van der Waals surface area contributed by atoms with Crippen LogP contribution < -0.4 is 0 Å². The molecule has 0 heterocycles. The Balaban J connectivity index is 3.54. The molecule has 0 saturated heterocycles. The lowest BCUT2D eigenvalue weighted by Crippen LogP contribution is -2.28. The first-order chi connectivity index (χ1) is 40.6. The first-order valence-electron chi connectivity index (χ1n) is 33.7. The number of hydrogen-bond donors (Lipinski definition) is 1. The highest BCUT2D eigenvalue weighted by molar-refractivity contribution is 5.70. The molecule has 5 nitrogen and oxygen atoms in total. The van der Waals surface area contributed by atoms with E-state index in [0.717, 1.165) is 135 Å². The SMILES string of the molecule is CC/C=C\C/C=C\C/C=C\C/C=C\C/C=C\C/C=C\C/C=C\C/C=C\CCCCCCCCC(=O)OC(CO)COC(=O)CCCCCCCCCCCCCCCCCCCC/C=C\C/C=C\C/C=C\C/C=C\C/C=C\C/C=C\CC. The summed E-state index contributed by atoms with van der Waals surface area (Å²) in [7, 11) is 0. The van der Waals surface area contributed by atoms with Crippen molar-refractivity contribution < 1.29 is 24.2 Å². The van der Waals surface area contributed by atoms with Gasteiger partial charge in [0.2, 0.25) is 0 Å². The summed E-state index contributed by atoms with van der Waals surface area (Å²) < 4.78 is 10.7. The van der Waals surface area contributed by atoms with Gasteiger partial charge in [-0.1, -0.05) is 312 Å². The number of rotatable bonds is 60. The fraction of sp³-hybridized carbons (Fsp3) is 0.610. The Morgan fingerprint density at radius 3 is 0.732 bits per heavy atom. The standard InChI is InChI=1S/C77H124O5/c1-3-5-7-9-11-13-15-17-19-21-23-25-27-29-31-33-35-36-37-38-39-40-42-43-45-47-49-51-53-55-57-59-61-63-65-67-69-71-76(79)81-74-75(73-78)82-77(80)72-70-68-66-64-62-60-58-56-54-52-50-48-46-44-41-34-32-30-28-26-24-22-20-18-16-14-12-10-8-6-4-2/h5-8,11-14,17-20,23-26,29-32,35-36,41,44,48,50,54,56,75,78H,3-4,9-10,15-16,21-22,27-28,33-34,37-40,42-43,45-47,49,51-53,55,57-74H2,1-2H3/b7-5-,8-6-,13-11-,14-12-,19-17-,20-18-,25-23-,26-24-,31-29-,32-30-,36-35-,44-41-,50-48-,56-54-. The summed E-state index contributed by atoms with van der Waals surface area (Å²) in [6.07, 6.45) is 109. The lowest BCUT2D eigenvalue weighted by molar-refractivity contribution is -0.161. The minimum Gasteiger partial charge on any atom is -0.462 e. The van der Waals surface area contributed by atoms with Gasteiger partial charge in [-0.05, 0) is 128 Å². The summed E-state index contributed by atoms with van der Waals surface area (Å²) in [5.74, 6) is -0.610. The van der Waals surface area contributed by atoms with Gasteiger partial charge in [-0.2, -0.15) is 0 Å². The van der Waals surface area contributed by atoms with E-state index in [1.807, 2.05) is 0 Å². The molecule has 462 valence electrons. The first-order valence-corrected chi connectivity index (χ1v) is 33.7. The Morgan fingerprint density at radius 1 is 0.280 bits per heavy atom. The smallest absolute Gasteiger partial charge is 0.306 e. The molecule has 5 heteroatoms. The molecule has 0 aliphatic heterocycles. The molecule has 0 saturated carbocycles. The monoisotopic (exact) mass is 1130 g/mol. The maximum Gasteiger partial charge on any atom is 0.306 e. The zero-order chi connectivity index (χ0) is 59.1. The molecular weight excluding hydrogens is 1000 g/mol. The molecule has 0 aliphatic rings. The second-order valence-electron chi connectivity index (χ2n) is 21.8. The van der Waals surface area contributed by atoms with Gasteiger partial charge in [0.05, 0.1) is 6.61 Å². The number of aliphatic hydroxyl groups excluding tert-OH is 1. The van der Waals surface area contributed by atoms with Gasteiger partial charge in [-0.25, -0.2) is 0 Å². The average molecular weight is 1130 g/mol. The van der Waals surface area contributed by atoms with Crippen molar-refractivity contribution in [1.82, 2.24) is 0 Å². The number of allylic oxidation sites excluding steroid dienone is 28. The molecule has 82 heavy (non-hydrogen) atoms. The average Bonchev–Trinajstić information content (AvgIpc) is 3.49. The van der Waals surface area contributed by atoms with Crippen LogP contribution in [0, 0.1) is 0 Å². The number of ether oxygens (including phenoxy) is 2. The molecule has 0 aromatic heterocycles. The maximum absolute atomic E-state index is 12.4. The van der Waals surface area contributed by atoms with Crippen molar-refractivity contribution in [3.63, 3.8) is 0 Å². The highest BCUT2D eigenvalue weighted by Crippen LogP contribution is 2.16. The second kappa shape index (κ2) is 70.5. The van der Waals surface area contributed by atoms with Crippen LogP contribution >= 0.6 is 0 Å². The van der Waals surface area contributed by atoms with Crippen LogP contribution in [-0.4, -0.2) is 36.4 Å². The van der Waals surface area contributed by atoms with Crippen molar-refractivity contribution in [2.45, 2.75) is 290 Å². The molecule has 0 radical (unpaired) electrons. The van der Waals surface area contributed by atoms with Crippen molar-refractivity contribution in [3.05, 3.63) is 170 Å². The van der Waals surface area contributed by atoms with Crippen LogP contribution in [0.2, 0.25) is 0 Å². The molecule has 0 aromatic carbocycles. The normalized spacial score (nSPS) is 13.4. The van der Waals surface area contributed by atoms with E-state index in [4.69, 9.17) is 9.47 Å². The van der Waals surface area contributed by atoms with Gasteiger partial charge in [-0.3, -0.25) is 9.59 Å². The Kier molecular flexibility index (Phi) is 66.4. The minimum atomic E-state index is -0.793. The number of hydrogen-bond acceptors (Lipinski definition) is 5. The molecule has 1 atom stereocenters. The van der Waals surface area contributed by atoms with Crippen molar-refractivity contribution >= 4 is 11.9 Å². The van der Waals surface area contributed by atoms with Gasteiger partial charge >= 0.3 is 11.9 Å². The Hall–Kier alpha value is -4.74. The molecule has 0 bridgehead atoms. The van der Waals surface area contributed by atoms with Gasteiger partial charge in [0, 0.05) is 12.8 Å².